The number of halogens is 1. The fraction of sp³-hybridized carbons (Fsp3) is 0.462. The lowest BCUT2D eigenvalue weighted by atomic mass is 10.2. The van der Waals surface area contributed by atoms with Gasteiger partial charge in [-0.3, -0.25) is 4.79 Å². The predicted molar refractivity (Wildman–Crippen MR) is 68.9 cm³/mol. The highest BCUT2D eigenvalue weighted by Gasteiger charge is 2.27. The molecular formula is C13H16ClNO3. The molecule has 1 aromatic rings. The zero-order valence-corrected chi connectivity index (χ0v) is 11.0. The molecule has 0 radical (unpaired) electrons. The number of epoxide rings is 1. The number of methoxy groups -OCH3 is 1. The lowest BCUT2D eigenvalue weighted by Crippen LogP contribution is -2.34. The zero-order chi connectivity index (χ0) is 13.0. The highest BCUT2D eigenvalue weighted by molar-refractivity contribution is 6.27. The van der Waals surface area contributed by atoms with Gasteiger partial charge in [0.1, 0.15) is 11.6 Å². The van der Waals surface area contributed by atoms with Crippen LogP contribution in [0.15, 0.2) is 24.3 Å². The smallest absolute Gasteiger partial charge is 0.237 e. The number of ether oxygens (including phenoxy) is 2. The van der Waals surface area contributed by atoms with E-state index < -0.39 is 0 Å². The van der Waals surface area contributed by atoms with Crippen molar-refractivity contribution in [3.63, 3.8) is 0 Å². The zero-order valence-electron chi connectivity index (χ0n) is 10.3. The molecule has 0 spiro atoms. The molecule has 1 saturated heterocycles. The summed E-state index contributed by atoms with van der Waals surface area (Å²) >= 11 is 5.61. The fourth-order valence-corrected chi connectivity index (χ4v) is 1.88. The van der Waals surface area contributed by atoms with E-state index in [2.05, 4.69) is 0 Å². The van der Waals surface area contributed by atoms with Crippen molar-refractivity contribution in [2.45, 2.75) is 12.6 Å². The van der Waals surface area contributed by atoms with Crippen molar-refractivity contribution in [3.8, 4) is 5.75 Å². The molecule has 1 aromatic carbocycles. The number of alkyl halides is 1. The van der Waals surface area contributed by atoms with Gasteiger partial charge in [0.25, 0.3) is 0 Å². The van der Waals surface area contributed by atoms with Crippen LogP contribution in [0, 0.1) is 0 Å². The first-order valence-electron chi connectivity index (χ1n) is 5.81. The Hall–Kier alpha value is -1.26. The van der Waals surface area contributed by atoms with E-state index in [1.54, 1.807) is 12.0 Å². The van der Waals surface area contributed by atoms with Crippen LogP contribution in [0.2, 0.25) is 0 Å². The molecule has 0 aromatic heterocycles. The quantitative estimate of drug-likeness (QED) is 0.583. The largest absolute Gasteiger partial charge is 0.497 e. The second-order valence-electron chi connectivity index (χ2n) is 4.21. The summed E-state index contributed by atoms with van der Waals surface area (Å²) < 4.78 is 10.2. The third-order valence-electron chi connectivity index (χ3n) is 2.83. The molecule has 0 saturated carbocycles. The van der Waals surface area contributed by atoms with E-state index in [0.717, 1.165) is 17.9 Å². The highest BCUT2D eigenvalue weighted by atomic mass is 35.5. The number of nitrogens with zero attached hydrogens (tertiary/aromatic N) is 1. The van der Waals surface area contributed by atoms with Gasteiger partial charge in [-0.15, -0.1) is 11.6 Å². The second-order valence-corrected chi connectivity index (χ2v) is 4.48. The number of benzene rings is 1. The Morgan fingerprint density at radius 2 is 2.17 bits per heavy atom. The number of carbonyl (C=O) groups is 1. The number of carbonyl (C=O) groups excluding carboxylic acids is 1. The molecule has 1 aliphatic heterocycles. The molecule has 98 valence electrons. The van der Waals surface area contributed by atoms with Gasteiger partial charge in [-0.2, -0.15) is 0 Å². The van der Waals surface area contributed by atoms with E-state index in [1.165, 1.54) is 0 Å². The Labute approximate surface area is 111 Å². The maximum Gasteiger partial charge on any atom is 0.237 e. The van der Waals surface area contributed by atoms with Gasteiger partial charge in [-0.1, -0.05) is 12.1 Å². The van der Waals surface area contributed by atoms with Crippen LogP contribution < -0.4 is 4.74 Å². The van der Waals surface area contributed by atoms with E-state index in [4.69, 9.17) is 21.1 Å². The van der Waals surface area contributed by atoms with Gasteiger partial charge in [0, 0.05) is 13.1 Å². The predicted octanol–water partition coefficient (Wildman–Crippen LogP) is 1.66. The molecule has 1 atom stereocenters. The van der Waals surface area contributed by atoms with Crippen molar-refractivity contribution in [2.75, 3.05) is 26.1 Å². The second kappa shape index (κ2) is 6.07. The first-order chi connectivity index (χ1) is 8.72. The molecule has 4 nitrogen and oxygen atoms in total. The van der Waals surface area contributed by atoms with Gasteiger partial charge < -0.3 is 14.4 Å². The number of hydrogen-bond donors (Lipinski definition) is 0. The molecule has 18 heavy (non-hydrogen) atoms. The number of hydrogen-bond acceptors (Lipinski definition) is 3. The summed E-state index contributed by atoms with van der Waals surface area (Å²) in [5.74, 6) is 0.741. The minimum atomic E-state index is -0.0667. The normalized spacial score (nSPS) is 17.3. The van der Waals surface area contributed by atoms with Crippen molar-refractivity contribution in [1.29, 1.82) is 0 Å². The topological polar surface area (TPSA) is 42.1 Å². The average molecular weight is 270 g/mol. The molecule has 1 aliphatic rings. The summed E-state index contributed by atoms with van der Waals surface area (Å²) in [6.45, 7) is 1.89. The average Bonchev–Trinajstić information content (AvgIpc) is 3.22. The van der Waals surface area contributed by atoms with Gasteiger partial charge in [-0.25, -0.2) is 0 Å². The lowest BCUT2D eigenvalue weighted by Gasteiger charge is -2.21. The number of amides is 1. The van der Waals surface area contributed by atoms with Crippen molar-refractivity contribution in [3.05, 3.63) is 29.8 Å². The summed E-state index contributed by atoms with van der Waals surface area (Å²) in [5.41, 5.74) is 1.05. The van der Waals surface area contributed by atoms with E-state index in [9.17, 15) is 4.79 Å². The van der Waals surface area contributed by atoms with Crippen LogP contribution in [0.5, 0.6) is 5.75 Å². The Morgan fingerprint density at radius 1 is 1.50 bits per heavy atom. The molecular weight excluding hydrogens is 254 g/mol. The van der Waals surface area contributed by atoms with Crippen LogP contribution in [-0.2, 0) is 16.1 Å². The third kappa shape index (κ3) is 3.62. The highest BCUT2D eigenvalue weighted by Crippen LogP contribution is 2.16. The Morgan fingerprint density at radius 3 is 2.67 bits per heavy atom. The monoisotopic (exact) mass is 269 g/mol. The maximum absolute atomic E-state index is 11.7. The van der Waals surface area contributed by atoms with Crippen molar-refractivity contribution in [1.82, 2.24) is 4.90 Å². The molecule has 0 bridgehead atoms. The minimum Gasteiger partial charge on any atom is -0.497 e. The van der Waals surface area contributed by atoms with E-state index in [1.807, 2.05) is 24.3 Å². The van der Waals surface area contributed by atoms with Gasteiger partial charge in [-0.05, 0) is 17.7 Å². The summed E-state index contributed by atoms with van der Waals surface area (Å²) in [6, 6.07) is 7.65. The number of rotatable bonds is 6. The van der Waals surface area contributed by atoms with Crippen molar-refractivity contribution in [2.24, 2.45) is 0 Å². The van der Waals surface area contributed by atoms with Gasteiger partial charge >= 0.3 is 0 Å². The fourth-order valence-electron chi connectivity index (χ4n) is 1.71. The van der Waals surface area contributed by atoms with E-state index >= 15 is 0 Å². The first kappa shape index (κ1) is 13.2. The van der Waals surface area contributed by atoms with Gasteiger partial charge in [0.05, 0.1) is 19.8 Å². The van der Waals surface area contributed by atoms with Gasteiger partial charge in [0.15, 0.2) is 0 Å². The third-order valence-corrected chi connectivity index (χ3v) is 3.05. The maximum atomic E-state index is 11.7. The standard InChI is InChI=1S/C13H16ClNO3/c1-17-11-4-2-10(3-5-11)7-15(13(16)6-14)8-12-9-18-12/h2-5,12H,6-9H2,1H3. The summed E-state index contributed by atoms with van der Waals surface area (Å²) in [4.78, 5) is 13.4. The summed E-state index contributed by atoms with van der Waals surface area (Å²) in [7, 11) is 1.63. The van der Waals surface area contributed by atoms with E-state index in [0.29, 0.717) is 13.1 Å². The van der Waals surface area contributed by atoms with Crippen molar-refractivity contribution >= 4 is 17.5 Å². The molecule has 0 N–H and O–H groups in total. The van der Waals surface area contributed by atoms with Crippen molar-refractivity contribution < 1.29 is 14.3 Å². The van der Waals surface area contributed by atoms with Crippen LogP contribution in [0.25, 0.3) is 0 Å². The SMILES string of the molecule is COc1ccc(CN(CC2CO2)C(=O)CCl)cc1. The van der Waals surface area contributed by atoms with Crippen LogP contribution in [0.3, 0.4) is 0 Å². The Bertz CT molecular complexity index is 403. The van der Waals surface area contributed by atoms with E-state index in [-0.39, 0.29) is 17.9 Å². The van der Waals surface area contributed by atoms with Crippen LogP contribution in [0.4, 0.5) is 0 Å². The first-order valence-corrected chi connectivity index (χ1v) is 6.34. The molecule has 1 heterocycles. The van der Waals surface area contributed by atoms with Crippen LogP contribution in [0.1, 0.15) is 5.56 Å². The molecule has 1 fully saturated rings. The van der Waals surface area contributed by atoms with Crippen LogP contribution in [-0.4, -0.2) is 43.1 Å². The summed E-state index contributed by atoms with van der Waals surface area (Å²) in [6.07, 6.45) is 0.176. The van der Waals surface area contributed by atoms with Gasteiger partial charge in [0.2, 0.25) is 5.91 Å². The molecule has 5 heteroatoms. The molecule has 1 unspecified atom stereocenters. The minimum absolute atomic E-state index is 0.00285. The summed E-state index contributed by atoms with van der Waals surface area (Å²) in [5, 5.41) is 0. The lowest BCUT2D eigenvalue weighted by molar-refractivity contribution is -0.129. The Kier molecular flexibility index (Phi) is 4.44. The van der Waals surface area contributed by atoms with Crippen LogP contribution >= 0.6 is 11.6 Å². The molecule has 2 rings (SSSR count). The Balaban J connectivity index is 1.99. The molecule has 1 amide bonds. The molecule has 0 aliphatic carbocycles.